The van der Waals surface area contributed by atoms with E-state index in [4.69, 9.17) is 0 Å². The van der Waals surface area contributed by atoms with Crippen molar-refractivity contribution in [1.29, 1.82) is 0 Å². The van der Waals surface area contributed by atoms with Gasteiger partial charge in [-0.3, -0.25) is 0 Å². The summed E-state index contributed by atoms with van der Waals surface area (Å²) in [5, 5.41) is 7.25. The molecular weight excluding hydrogens is 248 g/mol. The Hall–Kier alpha value is -0.160. The molecule has 1 rings (SSSR count). The quantitative estimate of drug-likeness (QED) is 0.667. The third-order valence-corrected chi connectivity index (χ3v) is 4.41. The molecule has 1 aliphatic heterocycles. The van der Waals surface area contributed by atoms with Crippen LogP contribution in [0.15, 0.2) is 0 Å². The lowest BCUT2D eigenvalue weighted by Crippen LogP contribution is -2.49. The number of nitrogens with one attached hydrogen (secondary N) is 2. The maximum absolute atomic E-state index is 3.74. The molecule has 0 bridgehead atoms. The van der Waals surface area contributed by atoms with Gasteiger partial charge in [-0.15, -0.1) is 0 Å². The van der Waals surface area contributed by atoms with Gasteiger partial charge in [-0.1, -0.05) is 13.8 Å². The molecule has 20 heavy (non-hydrogen) atoms. The average molecular weight is 284 g/mol. The van der Waals surface area contributed by atoms with Crippen molar-refractivity contribution in [2.45, 2.75) is 45.7 Å². The fraction of sp³-hybridized carbons (Fsp3) is 1.00. The van der Waals surface area contributed by atoms with Gasteiger partial charge in [-0.2, -0.15) is 0 Å². The highest BCUT2D eigenvalue weighted by molar-refractivity contribution is 4.92. The molecule has 0 aliphatic carbocycles. The van der Waals surface area contributed by atoms with E-state index in [1.165, 1.54) is 26.1 Å². The first-order valence-electron chi connectivity index (χ1n) is 8.16. The van der Waals surface area contributed by atoms with Gasteiger partial charge in [-0.05, 0) is 46.8 Å². The van der Waals surface area contributed by atoms with Gasteiger partial charge >= 0.3 is 0 Å². The van der Waals surface area contributed by atoms with Crippen molar-refractivity contribution in [3.8, 4) is 0 Å². The van der Waals surface area contributed by atoms with E-state index in [0.717, 1.165) is 25.6 Å². The zero-order valence-corrected chi connectivity index (χ0v) is 14.5. The van der Waals surface area contributed by atoms with Crippen molar-refractivity contribution in [3.63, 3.8) is 0 Å². The van der Waals surface area contributed by atoms with Crippen LogP contribution in [0.3, 0.4) is 0 Å². The van der Waals surface area contributed by atoms with Crippen molar-refractivity contribution < 1.29 is 0 Å². The Morgan fingerprint density at radius 3 is 2.55 bits per heavy atom. The Bertz CT molecular complexity index is 263. The minimum atomic E-state index is 0.246. The van der Waals surface area contributed by atoms with Crippen LogP contribution in [0.1, 0.15) is 34.1 Å². The molecule has 4 heteroatoms. The third-order valence-electron chi connectivity index (χ3n) is 4.41. The van der Waals surface area contributed by atoms with E-state index < -0.39 is 0 Å². The lowest BCUT2D eigenvalue weighted by Gasteiger charge is -2.33. The first-order chi connectivity index (χ1) is 9.31. The summed E-state index contributed by atoms with van der Waals surface area (Å²) in [6.45, 7) is 16.1. The Morgan fingerprint density at radius 2 is 1.95 bits per heavy atom. The van der Waals surface area contributed by atoms with Crippen molar-refractivity contribution in [2.24, 2.45) is 5.92 Å². The van der Waals surface area contributed by atoms with Crippen molar-refractivity contribution in [2.75, 3.05) is 53.4 Å². The van der Waals surface area contributed by atoms with Gasteiger partial charge in [0.05, 0.1) is 0 Å². The molecule has 0 aromatic carbocycles. The smallest absolute Gasteiger partial charge is 0.0166 e. The molecule has 1 saturated heterocycles. The number of hydrogen-bond donors (Lipinski definition) is 2. The van der Waals surface area contributed by atoms with E-state index in [9.17, 15) is 0 Å². The van der Waals surface area contributed by atoms with E-state index in [1.54, 1.807) is 0 Å². The second-order valence-electron chi connectivity index (χ2n) is 7.35. The SMILES string of the molecule is CC(C)NCCN1CCC(C(C)(C)NCCN(C)C)C1. The molecule has 1 atom stereocenters. The predicted molar refractivity (Wildman–Crippen MR) is 88.3 cm³/mol. The van der Waals surface area contributed by atoms with Crippen molar-refractivity contribution >= 4 is 0 Å². The first kappa shape index (κ1) is 17.9. The molecule has 1 unspecified atom stereocenters. The van der Waals surface area contributed by atoms with Gasteiger partial charge in [0.25, 0.3) is 0 Å². The summed E-state index contributed by atoms with van der Waals surface area (Å²) in [4.78, 5) is 4.84. The van der Waals surface area contributed by atoms with Crippen molar-refractivity contribution in [3.05, 3.63) is 0 Å². The van der Waals surface area contributed by atoms with Gasteiger partial charge < -0.3 is 20.4 Å². The van der Waals surface area contributed by atoms with Gasteiger partial charge in [0, 0.05) is 44.3 Å². The summed E-state index contributed by atoms with van der Waals surface area (Å²) < 4.78 is 0. The summed E-state index contributed by atoms with van der Waals surface area (Å²) in [5.41, 5.74) is 0.246. The van der Waals surface area contributed by atoms with E-state index >= 15 is 0 Å². The molecule has 1 aliphatic rings. The van der Waals surface area contributed by atoms with Crippen LogP contribution in [-0.2, 0) is 0 Å². The zero-order chi connectivity index (χ0) is 15.2. The number of likely N-dealkylation sites (N-methyl/N-ethyl adjacent to an activating group) is 1. The van der Waals surface area contributed by atoms with Crippen LogP contribution in [0.25, 0.3) is 0 Å². The summed E-state index contributed by atoms with van der Waals surface area (Å²) in [6.07, 6.45) is 1.32. The standard InChI is InChI=1S/C16H36N4/c1-14(2)17-8-12-20-10-7-15(13-20)16(3,4)18-9-11-19(5)6/h14-15,17-18H,7-13H2,1-6H3. The second kappa shape index (κ2) is 8.32. The highest BCUT2D eigenvalue weighted by Gasteiger charge is 2.34. The van der Waals surface area contributed by atoms with Crippen LogP contribution in [0, 0.1) is 5.92 Å². The van der Waals surface area contributed by atoms with Crippen LogP contribution < -0.4 is 10.6 Å². The topological polar surface area (TPSA) is 30.5 Å². The summed E-state index contributed by atoms with van der Waals surface area (Å²) >= 11 is 0. The van der Waals surface area contributed by atoms with Gasteiger partial charge in [-0.25, -0.2) is 0 Å². The Balaban J connectivity index is 2.26. The lowest BCUT2D eigenvalue weighted by atomic mass is 9.86. The molecule has 120 valence electrons. The fourth-order valence-corrected chi connectivity index (χ4v) is 2.88. The molecule has 1 fully saturated rings. The van der Waals surface area contributed by atoms with E-state index in [0.29, 0.717) is 6.04 Å². The number of likely N-dealkylation sites (tertiary alicyclic amines) is 1. The monoisotopic (exact) mass is 284 g/mol. The maximum atomic E-state index is 3.74. The van der Waals surface area contributed by atoms with E-state index in [1.807, 2.05) is 0 Å². The highest BCUT2D eigenvalue weighted by atomic mass is 15.2. The van der Waals surface area contributed by atoms with Crippen molar-refractivity contribution in [1.82, 2.24) is 20.4 Å². The maximum Gasteiger partial charge on any atom is 0.0166 e. The number of nitrogens with zero attached hydrogens (tertiary/aromatic N) is 2. The molecule has 0 aromatic heterocycles. The molecule has 2 N–H and O–H groups in total. The number of rotatable bonds is 9. The Kier molecular flexibility index (Phi) is 7.45. The Labute approximate surface area is 126 Å². The summed E-state index contributed by atoms with van der Waals surface area (Å²) in [7, 11) is 4.27. The minimum Gasteiger partial charge on any atom is -0.313 e. The molecule has 0 spiro atoms. The predicted octanol–water partition coefficient (Wildman–Crippen LogP) is 1.24. The molecule has 0 amide bonds. The summed E-state index contributed by atoms with van der Waals surface area (Å²) in [5.74, 6) is 0.767. The molecule has 4 nitrogen and oxygen atoms in total. The van der Waals surface area contributed by atoms with Gasteiger partial charge in [0.1, 0.15) is 0 Å². The molecule has 0 radical (unpaired) electrons. The minimum absolute atomic E-state index is 0.246. The zero-order valence-electron chi connectivity index (χ0n) is 14.5. The van der Waals surface area contributed by atoms with Crippen LogP contribution in [0.4, 0.5) is 0 Å². The lowest BCUT2D eigenvalue weighted by molar-refractivity contribution is 0.231. The van der Waals surface area contributed by atoms with E-state index in [-0.39, 0.29) is 5.54 Å². The van der Waals surface area contributed by atoms with Crippen LogP contribution in [-0.4, -0.2) is 74.7 Å². The summed E-state index contributed by atoms with van der Waals surface area (Å²) in [6, 6.07) is 0.595. The average Bonchev–Trinajstić information content (AvgIpc) is 2.77. The van der Waals surface area contributed by atoms with E-state index in [2.05, 4.69) is 62.2 Å². The molecular formula is C16H36N4. The molecule has 0 saturated carbocycles. The Morgan fingerprint density at radius 1 is 1.25 bits per heavy atom. The second-order valence-corrected chi connectivity index (χ2v) is 7.35. The van der Waals surface area contributed by atoms with Crippen LogP contribution in [0.2, 0.25) is 0 Å². The normalized spacial score (nSPS) is 21.3. The van der Waals surface area contributed by atoms with Gasteiger partial charge in [0.2, 0.25) is 0 Å². The third kappa shape index (κ3) is 6.53. The van der Waals surface area contributed by atoms with Crippen LogP contribution >= 0.6 is 0 Å². The molecule has 1 heterocycles. The highest BCUT2D eigenvalue weighted by Crippen LogP contribution is 2.26. The van der Waals surface area contributed by atoms with Crippen LogP contribution in [0.5, 0.6) is 0 Å². The largest absolute Gasteiger partial charge is 0.313 e. The van der Waals surface area contributed by atoms with Gasteiger partial charge in [0.15, 0.2) is 0 Å². The fourth-order valence-electron chi connectivity index (χ4n) is 2.88. The number of hydrogen-bond acceptors (Lipinski definition) is 4. The molecule has 0 aromatic rings. The first-order valence-corrected chi connectivity index (χ1v) is 8.16.